The number of pyridine rings is 1. The van der Waals surface area contributed by atoms with Crippen LogP contribution in [-0.4, -0.2) is 4.98 Å². The summed E-state index contributed by atoms with van der Waals surface area (Å²) in [4.78, 5) is 7.11. The smallest absolute Gasteiger partial charge is 0.154 e. The molecule has 0 radical (unpaired) electrons. The lowest BCUT2D eigenvalue weighted by Crippen LogP contribution is -2.11. The van der Waals surface area contributed by atoms with Crippen LogP contribution in [0.25, 0.3) is 55.4 Å². The van der Waals surface area contributed by atoms with Crippen LogP contribution in [0.15, 0.2) is 174 Å². The molecule has 3 heteroatoms. The third kappa shape index (κ3) is 4.71. The molecule has 0 bridgehead atoms. The van der Waals surface area contributed by atoms with Crippen molar-refractivity contribution in [2.24, 2.45) is 0 Å². The Hall–Kier alpha value is -5.93. The van der Waals surface area contributed by atoms with E-state index in [2.05, 4.69) is 150 Å². The van der Waals surface area contributed by atoms with Crippen LogP contribution in [0.5, 0.6) is 0 Å². The molecule has 0 N–H and O–H groups in total. The van der Waals surface area contributed by atoms with E-state index >= 15 is 0 Å². The largest absolute Gasteiger partial charge is 0.454 e. The molecule has 8 rings (SSSR count). The molecule has 2 heterocycles. The Balaban J connectivity index is 1.22. The fourth-order valence-corrected chi connectivity index (χ4v) is 5.95. The fraction of sp³-hybridized carbons (Fsp3) is 0. The molecule has 0 saturated heterocycles. The van der Waals surface area contributed by atoms with Gasteiger partial charge in [0.05, 0.1) is 5.69 Å². The second kappa shape index (κ2) is 11.0. The SMILES string of the molecule is c1ccc(-c2ccc(N(c3ccc(-c4cnc5c(c4)oc4ccccc45)cc3)c3ccccc3-c3ccccc3)cc2)cc1. The summed E-state index contributed by atoms with van der Waals surface area (Å²) < 4.78 is 6.12. The maximum absolute atomic E-state index is 6.12. The van der Waals surface area contributed by atoms with Gasteiger partial charge in [-0.25, -0.2) is 0 Å². The molecule has 3 nitrogen and oxygen atoms in total. The van der Waals surface area contributed by atoms with Crippen LogP contribution >= 0.6 is 0 Å². The first-order valence-electron chi connectivity index (χ1n) is 14.8. The monoisotopic (exact) mass is 564 g/mol. The van der Waals surface area contributed by atoms with Gasteiger partial charge in [-0.2, -0.15) is 0 Å². The molecule has 0 amide bonds. The zero-order valence-electron chi connectivity index (χ0n) is 24.0. The molecule has 6 aromatic carbocycles. The Morgan fingerprint density at radius 3 is 1.68 bits per heavy atom. The van der Waals surface area contributed by atoms with Gasteiger partial charge < -0.3 is 9.32 Å². The Morgan fingerprint density at radius 2 is 0.977 bits per heavy atom. The Bertz CT molecular complexity index is 2200. The number of anilines is 3. The first-order chi connectivity index (χ1) is 21.8. The molecule has 8 aromatic rings. The minimum absolute atomic E-state index is 0.796. The molecule has 44 heavy (non-hydrogen) atoms. The van der Waals surface area contributed by atoms with Crippen molar-refractivity contribution in [3.05, 3.63) is 170 Å². The van der Waals surface area contributed by atoms with Crippen molar-refractivity contribution in [3.63, 3.8) is 0 Å². The van der Waals surface area contributed by atoms with Crippen molar-refractivity contribution in [2.45, 2.75) is 0 Å². The van der Waals surface area contributed by atoms with Gasteiger partial charge in [0.15, 0.2) is 5.58 Å². The van der Waals surface area contributed by atoms with Crippen molar-refractivity contribution in [3.8, 4) is 33.4 Å². The lowest BCUT2D eigenvalue weighted by molar-refractivity contribution is 0.668. The zero-order chi connectivity index (χ0) is 29.3. The van der Waals surface area contributed by atoms with Crippen molar-refractivity contribution >= 4 is 39.1 Å². The number of benzene rings is 6. The van der Waals surface area contributed by atoms with Crippen LogP contribution in [0, 0.1) is 0 Å². The van der Waals surface area contributed by atoms with E-state index in [1.165, 1.54) is 22.3 Å². The molecular weight excluding hydrogens is 536 g/mol. The summed E-state index contributed by atoms with van der Waals surface area (Å²) >= 11 is 0. The summed E-state index contributed by atoms with van der Waals surface area (Å²) in [5.41, 5.74) is 12.7. The zero-order valence-corrected chi connectivity index (χ0v) is 24.0. The Labute approximate surface area is 256 Å². The van der Waals surface area contributed by atoms with Gasteiger partial charge in [0.2, 0.25) is 0 Å². The van der Waals surface area contributed by atoms with Gasteiger partial charge in [-0.15, -0.1) is 0 Å². The molecule has 0 aliphatic rings. The summed E-state index contributed by atoms with van der Waals surface area (Å²) in [7, 11) is 0. The summed E-state index contributed by atoms with van der Waals surface area (Å²) in [5, 5.41) is 1.04. The fourth-order valence-electron chi connectivity index (χ4n) is 5.95. The normalized spacial score (nSPS) is 11.2. The topological polar surface area (TPSA) is 29.3 Å². The van der Waals surface area contributed by atoms with E-state index in [9.17, 15) is 0 Å². The van der Waals surface area contributed by atoms with Crippen molar-refractivity contribution in [2.75, 3.05) is 4.90 Å². The molecule has 0 unspecified atom stereocenters. The summed E-state index contributed by atoms with van der Waals surface area (Å²) in [6.45, 7) is 0. The lowest BCUT2D eigenvalue weighted by atomic mass is 10.0. The minimum Gasteiger partial charge on any atom is -0.454 e. The number of hydrogen-bond donors (Lipinski definition) is 0. The molecule has 0 fully saturated rings. The second-order valence-corrected chi connectivity index (χ2v) is 10.8. The van der Waals surface area contributed by atoms with Gasteiger partial charge in [-0.3, -0.25) is 4.98 Å². The average molecular weight is 565 g/mol. The highest BCUT2D eigenvalue weighted by atomic mass is 16.3. The summed E-state index contributed by atoms with van der Waals surface area (Å²) in [5.74, 6) is 0. The molecule has 0 atom stereocenters. The van der Waals surface area contributed by atoms with Gasteiger partial charge in [-0.05, 0) is 70.8 Å². The number of para-hydroxylation sites is 2. The average Bonchev–Trinajstić information content (AvgIpc) is 3.48. The first-order valence-corrected chi connectivity index (χ1v) is 14.8. The van der Waals surface area contributed by atoms with Crippen LogP contribution in [0.2, 0.25) is 0 Å². The molecular formula is C41H28N2O. The minimum atomic E-state index is 0.796. The van der Waals surface area contributed by atoms with Crippen LogP contribution in [0.4, 0.5) is 17.1 Å². The van der Waals surface area contributed by atoms with E-state index < -0.39 is 0 Å². The second-order valence-electron chi connectivity index (χ2n) is 10.8. The number of aromatic nitrogens is 1. The summed E-state index contributed by atoms with van der Waals surface area (Å²) in [6, 6.07) is 57.3. The quantitative estimate of drug-likeness (QED) is 0.201. The first kappa shape index (κ1) is 25.8. The van der Waals surface area contributed by atoms with Gasteiger partial charge in [0, 0.05) is 34.1 Å². The lowest BCUT2D eigenvalue weighted by Gasteiger charge is -2.28. The number of rotatable bonds is 6. The van der Waals surface area contributed by atoms with Gasteiger partial charge in [-0.1, -0.05) is 115 Å². The highest BCUT2D eigenvalue weighted by molar-refractivity contribution is 6.03. The highest BCUT2D eigenvalue weighted by Gasteiger charge is 2.18. The number of fused-ring (bicyclic) bond motifs is 3. The molecule has 208 valence electrons. The van der Waals surface area contributed by atoms with E-state index in [1.54, 1.807) is 0 Å². The van der Waals surface area contributed by atoms with Crippen LogP contribution < -0.4 is 4.90 Å². The maximum Gasteiger partial charge on any atom is 0.154 e. The molecule has 2 aromatic heterocycles. The predicted molar refractivity (Wildman–Crippen MR) is 183 cm³/mol. The van der Waals surface area contributed by atoms with E-state index in [0.29, 0.717) is 0 Å². The third-order valence-corrected chi connectivity index (χ3v) is 8.14. The van der Waals surface area contributed by atoms with E-state index in [-0.39, 0.29) is 0 Å². The summed E-state index contributed by atoms with van der Waals surface area (Å²) in [6.07, 6.45) is 1.93. The molecule has 0 aliphatic carbocycles. The van der Waals surface area contributed by atoms with E-state index in [1.807, 2.05) is 24.4 Å². The van der Waals surface area contributed by atoms with Gasteiger partial charge >= 0.3 is 0 Å². The van der Waals surface area contributed by atoms with E-state index in [4.69, 9.17) is 9.40 Å². The van der Waals surface area contributed by atoms with Gasteiger partial charge in [0.1, 0.15) is 11.1 Å². The van der Waals surface area contributed by atoms with Crippen LogP contribution in [-0.2, 0) is 0 Å². The third-order valence-electron chi connectivity index (χ3n) is 8.14. The predicted octanol–water partition coefficient (Wildman–Crippen LogP) is 11.5. The molecule has 0 spiro atoms. The number of nitrogens with zero attached hydrogens (tertiary/aromatic N) is 2. The standard InChI is InChI=1S/C41H28N2O/c1-3-11-29(12-4-1)30-19-23-34(24-20-30)43(38-17-9-7-15-36(38)32-13-5-2-6-14-32)35-25-21-31(22-26-35)33-27-40-41(42-28-33)37-16-8-10-18-39(37)44-40/h1-28H. The molecule has 0 saturated carbocycles. The van der Waals surface area contributed by atoms with Gasteiger partial charge in [0.25, 0.3) is 0 Å². The Morgan fingerprint density at radius 1 is 0.432 bits per heavy atom. The highest BCUT2D eigenvalue weighted by Crippen LogP contribution is 2.42. The molecule has 0 aliphatic heterocycles. The Kier molecular flexibility index (Phi) is 6.47. The van der Waals surface area contributed by atoms with Crippen molar-refractivity contribution in [1.29, 1.82) is 0 Å². The van der Waals surface area contributed by atoms with E-state index in [0.717, 1.165) is 50.3 Å². The van der Waals surface area contributed by atoms with Crippen molar-refractivity contribution in [1.82, 2.24) is 4.98 Å². The maximum atomic E-state index is 6.12. The number of hydrogen-bond acceptors (Lipinski definition) is 3. The number of furan rings is 1. The van der Waals surface area contributed by atoms with Crippen molar-refractivity contribution < 1.29 is 4.42 Å². The van der Waals surface area contributed by atoms with Crippen LogP contribution in [0.3, 0.4) is 0 Å². The van der Waals surface area contributed by atoms with Crippen LogP contribution in [0.1, 0.15) is 0 Å².